The summed E-state index contributed by atoms with van der Waals surface area (Å²) in [5.74, 6) is 0.0623. The lowest BCUT2D eigenvalue weighted by molar-refractivity contribution is -0.592. The van der Waals surface area contributed by atoms with Crippen LogP contribution in [0.5, 0.6) is 0 Å². The average molecular weight is 448 g/mol. The van der Waals surface area contributed by atoms with Crippen molar-refractivity contribution in [2.45, 2.75) is 12.6 Å². The number of rotatable bonds is 6. The summed E-state index contributed by atoms with van der Waals surface area (Å²) in [6.45, 7) is 2.65. The lowest BCUT2D eigenvalue weighted by Gasteiger charge is -2.36. The fourth-order valence-electron chi connectivity index (χ4n) is 3.78. The molecule has 1 aliphatic rings. The van der Waals surface area contributed by atoms with Crippen LogP contribution in [0.4, 0.5) is 18.9 Å². The molecule has 0 atom stereocenters. The minimum Gasteiger partial charge on any atom is -0.616 e. The Morgan fingerprint density at radius 3 is 2.56 bits per heavy atom. The van der Waals surface area contributed by atoms with Crippen molar-refractivity contribution in [2.75, 3.05) is 44.2 Å². The van der Waals surface area contributed by atoms with E-state index in [0.29, 0.717) is 43.0 Å². The molecule has 0 unspecified atom stereocenters. The quantitative estimate of drug-likeness (QED) is 0.464. The molecule has 0 saturated carbocycles. The fraction of sp³-hybridized carbons (Fsp3) is 0.364. The number of piperazine rings is 1. The maximum atomic E-state index is 12.9. The molecule has 1 fully saturated rings. The summed E-state index contributed by atoms with van der Waals surface area (Å²) in [7, 11) is 0. The number of anilines is 1. The summed E-state index contributed by atoms with van der Waals surface area (Å²) >= 11 is 0. The third-order valence-electron chi connectivity index (χ3n) is 5.48. The Bertz CT molecular complexity index is 1090. The molecule has 0 spiro atoms. The number of hydrogen-bond acceptors (Lipinski definition) is 5. The van der Waals surface area contributed by atoms with Gasteiger partial charge in [-0.3, -0.25) is 9.69 Å². The van der Waals surface area contributed by atoms with Gasteiger partial charge in [-0.25, -0.2) is 0 Å². The van der Waals surface area contributed by atoms with Gasteiger partial charge >= 0.3 is 12.1 Å². The summed E-state index contributed by atoms with van der Waals surface area (Å²) in [5.41, 5.74) is 0.816. The number of fused-ring (bicyclic) bond motifs is 1. The first-order chi connectivity index (χ1) is 15.3. The van der Waals surface area contributed by atoms with E-state index in [2.05, 4.69) is 5.32 Å². The van der Waals surface area contributed by atoms with Crippen LogP contribution in [0.1, 0.15) is 11.5 Å². The molecular weight excluding hydrogens is 425 g/mol. The third kappa shape index (κ3) is 4.96. The Morgan fingerprint density at radius 2 is 1.84 bits per heavy atom. The van der Waals surface area contributed by atoms with E-state index in [-0.39, 0.29) is 31.3 Å². The van der Waals surface area contributed by atoms with E-state index in [9.17, 15) is 23.2 Å². The molecule has 1 N–H and O–H groups in total. The van der Waals surface area contributed by atoms with Crippen LogP contribution in [0.25, 0.3) is 11.1 Å². The topological polar surface area (TPSA) is 75.7 Å². The van der Waals surface area contributed by atoms with Crippen molar-refractivity contribution in [1.82, 2.24) is 10.2 Å². The molecule has 1 aliphatic heterocycles. The number of amides is 1. The summed E-state index contributed by atoms with van der Waals surface area (Å²) in [4.78, 5) is 16.1. The number of carbonyl (C=O) groups is 1. The second-order valence-corrected chi connectivity index (χ2v) is 7.67. The maximum absolute atomic E-state index is 12.9. The van der Waals surface area contributed by atoms with Crippen LogP contribution in [0.15, 0.2) is 52.9 Å². The average Bonchev–Trinajstić information content (AvgIpc) is 3.09. The van der Waals surface area contributed by atoms with Crippen molar-refractivity contribution in [3.05, 3.63) is 65.2 Å². The van der Waals surface area contributed by atoms with E-state index >= 15 is 0 Å². The van der Waals surface area contributed by atoms with Gasteiger partial charge in [0.15, 0.2) is 0 Å². The Hall–Kier alpha value is -3.27. The molecule has 0 aliphatic carbocycles. The molecule has 170 valence electrons. The Morgan fingerprint density at radius 1 is 1.09 bits per heavy atom. The molecule has 10 heteroatoms. The van der Waals surface area contributed by atoms with Crippen LogP contribution in [0.2, 0.25) is 0 Å². The number of alkyl halides is 3. The van der Waals surface area contributed by atoms with Gasteiger partial charge in [0.2, 0.25) is 11.5 Å². The van der Waals surface area contributed by atoms with E-state index in [4.69, 9.17) is 4.42 Å². The number of hydrogen-bond donors (Lipinski definition) is 1. The van der Waals surface area contributed by atoms with Gasteiger partial charge in [-0.2, -0.15) is 13.2 Å². The second-order valence-electron chi connectivity index (χ2n) is 7.67. The molecule has 4 rings (SSSR count). The standard InChI is InChI=1S/C22H23F3N4O3/c23-22(24,25)16-4-3-5-17(14-16)28-12-10-27(11-13-28)15-20(30)26-9-8-21-29(31)18-6-1-2-7-19(18)32-21/h1-7,14H,8-13,15H2,(H,26,30). The minimum absolute atomic E-state index is 0.175. The third-order valence-corrected chi connectivity index (χ3v) is 5.48. The Labute approximate surface area is 182 Å². The zero-order chi connectivity index (χ0) is 22.7. The summed E-state index contributed by atoms with van der Waals surface area (Å²) in [6.07, 6.45) is -4.10. The van der Waals surface area contributed by atoms with Crippen LogP contribution in [-0.4, -0.2) is 50.1 Å². The van der Waals surface area contributed by atoms with Crippen LogP contribution < -0.4 is 14.9 Å². The first-order valence-corrected chi connectivity index (χ1v) is 10.3. The molecular formula is C22H23F3N4O3. The van der Waals surface area contributed by atoms with E-state index in [1.54, 1.807) is 30.3 Å². The first kappa shape index (κ1) is 21.9. The molecule has 1 saturated heterocycles. The predicted octanol–water partition coefficient (Wildman–Crippen LogP) is 2.57. The van der Waals surface area contributed by atoms with E-state index in [1.807, 2.05) is 9.80 Å². The number of oxazole rings is 1. The van der Waals surface area contributed by atoms with Crippen molar-refractivity contribution in [3.8, 4) is 0 Å². The zero-order valence-corrected chi connectivity index (χ0v) is 17.3. The fourth-order valence-corrected chi connectivity index (χ4v) is 3.78. The number of aromatic nitrogens is 1. The predicted molar refractivity (Wildman–Crippen MR) is 112 cm³/mol. The molecule has 0 radical (unpaired) electrons. The molecule has 1 aromatic heterocycles. The molecule has 2 heterocycles. The van der Waals surface area contributed by atoms with Crippen molar-refractivity contribution in [1.29, 1.82) is 0 Å². The number of halogens is 3. The lowest BCUT2D eigenvalue weighted by atomic mass is 10.1. The Balaban J connectivity index is 1.23. The van der Waals surface area contributed by atoms with Gasteiger partial charge in [0.25, 0.3) is 5.52 Å². The molecule has 1 amide bonds. The molecule has 32 heavy (non-hydrogen) atoms. The number of carbonyl (C=O) groups excluding carboxylic acids is 1. The Kier molecular flexibility index (Phi) is 6.22. The van der Waals surface area contributed by atoms with Gasteiger partial charge in [0.05, 0.1) is 18.5 Å². The van der Waals surface area contributed by atoms with Crippen LogP contribution in [0, 0.1) is 5.21 Å². The number of para-hydroxylation sites is 2. The SMILES string of the molecule is O=C(CN1CCN(c2cccc(C(F)(F)F)c2)CC1)NCCc1oc2ccccc2[n+]1[O-]. The first-order valence-electron chi connectivity index (χ1n) is 10.3. The van der Waals surface area contributed by atoms with Gasteiger partial charge in [0.1, 0.15) is 0 Å². The highest BCUT2D eigenvalue weighted by Crippen LogP contribution is 2.31. The zero-order valence-electron chi connectivity index (χ0n) is 17.3. The minimum atomic E-state index is -4.37. The van der Waals surface area contributed by atoms with Crippen LogP contribution in [0.3, 0.4) is 0 Å². The van der Waals surface area contributed by atoms with Crippen LogP contribution >= 0.6 is 0 Å². The summed E-state index contributed by atoms with van der Waals surface area (Å²) in [5, 5.41) is 15.0. The van der Waals surface area contributed by atoms with Crippen molar-refractivity contribution in [2.24, 2.45) is 0 Å². The second kappa shape index (κ2) is 9.07. The normalized spacial score (nSPS) is 15.3. The van der Waals surface area contributed by atoms with E-state index in [1.165, 1.54) is 6.07 Å². The monoisotopic (exact) mass is 448 g/mol. The van der Waals surface area contributed by atoms with Crippen molar-refractivity contribution < 1.29 is 27.1 Å². The van der Waals surface area contributed by atoms with Gasteiger partial charge < -0.3 is 19.8 Å². The van der Waals surface area contributed by atoms with E-state index < -0.39 is 11.7 Å². The van der Waals surface area contributed by atoms with Gasteiger partial charge in [-0.15, -0.1) is 4.73 Å². The van der Waals surface area contributed by atoms with Gasteiger partial charge in [-0.1, -0.05) is 18.2 Å². The number of nitrogens with zero attached hydrogens (tertiary/aromatic N) is 3. The van der Waals surface area contributed by atoms with E-state index in [0.717, 1.165) is 16.9 Å². The van der Waals surface area contributed by atoms with Gasteiger partial charge in [0, 0.05) is 44.5 Å². The smallest absolute Gasteiger partial charge is 0.416 e. The van der Waals surface area contributed by atoms with Crippen molar-refractivity contribution in [3.63, 3.8) is 0 Å². The number of benzene rings is 2. The maximum Gasteiger partial charge on any atom is 0.416 e. The molecule has 3 aromatic rings. The lowest BCUT2D eigenvalue weighted by Crippen LogP contribution is -2.49. The summed E-state index contributed by atoms with van der Waals surface area (Å²) in [6, 6.07) is 12.2. The number of nitrogens with one attached hydrogen (secondary N) is 1. The van der Waals surface area contributed by atoms with Crippen molar-refractivity contribution >= 4 is 22.7 Å². The molecule has 0 bridgehead atoms. The molecule has 2 aromatic carbocycles. The highest BCUT2D eigenvalue weighted by Gasteiger charge is 2.31. The van der Waals surface area contributed by atoms with Crippen LogP contribution in [-0.2, 0) is 17.4 Å². The highest BCUT2D eigenvalue weighted by molar-refractivity contribution is 5.78. The largest absolute Gasteiger partial charge is 0.616 e. The molecule has 7 nitrogen and oxygen atoms in total. The van der Waals surface area contributed by atoms with Gasteiger partial charge in [-0.05, 0) is 24.3 Å². The summed E-state index contributed by atoms with van der Waals surface area (Å²) < 4.78 is 45.1. The highest BCUT2D eigenvalue weighted by atomic mass is 19.4.